The molecule has 2 aromatic heterocycles. The van der Waals surface area contributed by atoms with E-state index in [9.17, 15) is 14.3 Å². The lowest BCUT2D eigenvalue weighted by Gasteiger charge is -2.19. The average Bonchev–Trinajstić information content (AvgIpc) is 3.45. The number of nitrogens with one attached hydrogen (secondary N) is 1. The van der Waals surface area contributed by atoms with Gasteiger partial charge in [-0.3, -0.25) is 5.10 Å². The molecule has 5 rings (SSSR count). The van der Waals surface area contributed by atoms with Crippen molar-refractivity contribution >= 4 is 27.8 Å². The number of ether oxygens (including phenoxy) is 1. The molecule has 2 aromatic carbocycles. The maximum Gasteiger partial charge on any atom is 0.335 e. The Hall–Kier alpha value is -3.26. The zero-order valence-electron chi connectivity index (χ0n) is 17.9. The highest BCUT2D eigenvalue weighted by Crippen LogP contribution is 2.46. The number of nitrogens with zero attached hydrogens (tertiary/aromatic N) is 2. The smallest absolute Gasteiger partial charge is 0.335 e. The van der Waals surface area contributed by atoms with Crippen LogP contribution < -0.4 is 0 Å². The summed E-state index contributed by atoms with van der Waals surface area (Å²) in [4.78, 5) is 11.8. The molecule has 0 spiro atoms. The molecule has 0 amide bonds. The summed E-state index contributed by atoms with van der Waals surface area (Å²) in [5.74, 6) is -2.16. The number of hydrogen-bond donors (Lipinski definition) is 2. The van der Waals surface area contributed by atoms with Crippen molar-refractivity contribution in [2.45, 2.75) is 44.6 Å². The highest BCUT2D eigenvalue weighted by molar-refractivity contribution is 6.00. The van der Waals surface area contributed by atoms with Crippen LogP contribution in [0.3, 0.4) is 0 Å². The Morgan fingerprint density at radius 1 is 1.31 bits per heavy atom. The predicted molar refractivity (Wildman–Crippen MR) is 116 cm³/mol. The van der Waals surface area contributed by atoms with Gasteiger partial charge >= 0.3 is 5.97 Å². The SMILES string of the molecule is CC(C)c1c([C@H]2CO[C@](C)(C(=O)O)C2)c2c(F)c3[nH]ncc3cc2n1-c1ccc(F)cc1. The van der Waals surface area contributed by atoms with E-state index in [2.05, 4.69) is 10.2 Å². The summed E-state index contributed by atoms with van der Waals surface area (Å²) < 4.78 is 37.2. The molecule has 4 aromatic rings. The summed E-state index contributed by atoms with van der Waals surface area (Å²) in [6, 6.07) is 7.93. The lowest BCUT2D eigenvalue weighted by molar-refractivity contribution is -0.157. The van der Waals surface area contributed by atoms with Crippen molar-refractivity contribution in [1.29, 1.82) is 0 Å². The zero-order chi connectivity index (χ0) is 22.8. The van der Waals surface area contributed by atoms with E-state index < -0.39 is 17.4 Å². The second-order valence-electron chi connectivity index (χ2n) is 8.93. The van der Waals surface area contributed by atoms with Crippen LogP contribution in [0.25, 0.3) is 27.5 Å². The summed E-state index contributed by atoms with van der Waals surface area (Å²) >= 11 is 0. The molecular formula is C24H23F2N3O3. The highest BCUT2D eigenvalue weighted by atomic mass is 19.1. The Morgan fingerprint density at radius 3 is 2.66 bits per heavy atom. The van der Waals surface area contributed by atoms with Crippen LogP contribution in [0.5, 0.6) is 0 Å². The van der Waals surface area contributed by atoms with Gasteiger partial charge < -0.3 is 14.4 Å². The fourth-order valence-electron chi connectivity index (χ4n) is 4.91. The van der Waals surface area contributed by atoms with Gasteiger partial charge in [-0.15, -0.1) is 0 Å². The average molecular weight is 439 g/mol. The number of carboxylic acids is 1. The van der Waals surface area contributed by atoms with Crippen LogP contribution in [-0.4, -0.2) is 38.0 Å². The molecule has 0 saturated carbocycles. The van der Waals surface area contributed by atoms with Crippen molar-refractivity contribution in [3.05, 3.63) is 59.4 Å². The Bertz CT molecular complexity index is 1360. The van der Waals surface area contributed by atoms with Gasteiger partial charge in [-0.25, -0.2) is 13.6 Å². The molecule has 32 heavy (non-hydrogen) atoms. The van der Waals surface area contributed by atoms with E-state index in [4.69, 9.17) is 4.74 Å². The Morgan fingerprint density at radius 2 is 2.03 bits per heavy atom. The molecular weight excluding hydrogens is 416 g/mol. The summed E-state index contributed by atoms with van der Waals surface area (Å²) in [7, 11) is 0. The van der Waals surface area contributed by atoms with Gasteiger partial charge in [-0.1, -0.05) is 13.8 Å². The Kier molecular flexibility index (Phi) is 4.60. The van der Waals surface area contributed by atoms with Crippen LogP contribution in [-0.2, 0) is 9.53 Å². The largest absolute Gasteiger partial charge is 0.479 e. The maximum atomic E-state index is 15.9. The summed E-state index contributed by atoms with van der Waals surface area (Å²) in [6.45, 7) is 5.74. The lowest BCUT2D eigenvalue weighted by atomic mass is 9.86. The fraction of sp³-hybridized carbons (Fsp3) is 0.333. The second-order valence-corrected chi connectivity index (χ2v) is 8.93. The minimum absolute atomic E-state index is 0.0185. The molecule has 0 radical (unpaired) electrons. The number of H-pyrrole nitrogens is 1. The first-order chi connectivity index (χ1) is 15.2. The first kappa shape index (κ1) is 20.6. The zero-order valence-corrected chi connectivity index (χ0v) is 17.9. The van der Waals surface area contributed by atoms with Gasteiger partial charge in [-0.05, 0) is 55.2 Å². The number of aromatic nitrogens is 3. The number of hydrogen-bond acceptors (Lipinski definition) is 3. The van der Waals surface area contributed by atoms with Crippen LogP contribution in [0.4, 0.5) is 8.78 Å². The highest BCUT2D eigenvalue weighted by Gasteiger charge is 2.45. The van der Waals surface area contributed by atoms with Crippen LogP contribution in [0, 0.1) is 11.6 Å². The summed E-state index contributed by atoms with van der Waals surface area (Å²) in [5.41, 5.74) is 1.88. The minimum Gasteiger partial charge on any atom is -0.479 e. The van der Waals surface area contributed by atoms with E-state index in [1.54, 1.807) is 25.3 Å². The van der Waals surface area contributed by atoms with Gasteiger partial charge in [0.2, 0.25) is 0 Å². The summed E-state index contributed by atoms with van der Waals surface area (Å²) in [5, 5.41) is 17.4. The normalized spacial score (nSPS) is 21.2. The number of rotatable bonds is 4. The molecule has 2 N–H and O–H groups in total. The molecule has 3 heterocycles. The monoisotopic (exact) mass is 439 g/mol. The van der Waals surface area contributed by atoms with E-state index >= 15 is 4.39 Å². The van der Waals surface area contributed by atoms with Gasteiger partial charge in [0.15, 0.2) is 11.4 Å². The van der Waals surface area contributed by atoms with Crippen LogP contribution >= 0.6 is 0 Å². The molecule has 1 aliphatic rings. The molecule has 8 heteroatoms. The topological polar surface area (TPSA) is 80.1 Å². The maximum absolute atomic E-state index is 15.9. The molecule has 2 atom stereocenters. The van der Waals surface area contributed by atoms with Gasteiger partial charge in [-0.2, -0.15) is 5.10 Å². The third-order valence-corrected chi connectivity index (χ3v) is 6.41. The molecule has 1 saturated heterocycles. The standard InChI is InChI=1S/C24H23F2N3O3/c1-12(2)22-18(14-9-24(3,23(30)31)32-11-14)19-17(8-13-10-27-28-21(13)20(19)26)29(22)16-6-4-15(25)5-7-16/h4-8,10,12,14H,9,11H2,1-3H3,(H,27,28)(H,30,31)/t14-,24+/m1/s1. The number of carbonyl (C=O) groups is 1. The van der Waals surface area contributed by atoms with Crippen molar-refractivity contribution in [3.63, 3.8) is 0 Å². The number of halogens is 2. The number of carboxylic acid groups (broad SMARTS) is 1. The van der Waals surface area contributed by atoms with Crippen molar-refractivity contribution < 1.29 is 23.4 Å². The molecule has 0 aliphatic carbocycles. The fourth-order valence-corrected chi connectivity index (χ4v) is 4.91. The van der Waals surface area contributed by atoms with Crippen molar-refractivity contribution in [1.82, 2.24) is 14.8 Å². The Balaban J connectivity index is 1.87. The minimum atomic E-state index is -1.34. The van der Waals surface area contributed by atoms with E-state index in [1.807, 2.05) is 24.5 Å². The van der Waals surface area contributed by atoms with Gasteiger partial charge in [0.1, 0.15) is 11.3 Å². The summed E-state index contributed by atoms with van der Waals surface area (Å²) in [6.07, 6.45) is 1.79. The van der Waals surface area contributed by atoms with Gasteiger partial charge in [0.05, 0.1) is 18.3 Å². The first-order valence-electron chi connectivity index (χ1n) is 10.5. The van der Waals surface area contributed by atoms with Crippen molar-refractivity contribution in [2.75, 3.05) is 6.61 Å². The first-order valence-corrected chi connectivity index (χ1v) is 10.5. The Labute approximate surface area is 182 Å². The molecule has 1 fully saturated rings. The third-order valence-electron chi connectivity index (χ3n) is 6.41. The predicted octanol–water partition coefficient (Wildman–Crippen LogP) is 5.26. The van der Waals surface area contributed by atoms with E-state index in [1.165, 1.54) is 12.1 Å². The lowest BCUT2D eigenvalue weighted by Crippen LogP contribution is -2.34. The van der Waals surface area contributed by atoms with E-state index in [-0.39, 0.29) is 30.7 Å². The van der Waals surface area contributed by atoms with Crippen LogP contribution in [0.15, 0.2) is 36.5 Å². The molecule has 0 unspecified atom stereocenters. The second kappa shape index (κ2) is 7.13. The number of aromatic amines is 1. The van der Waals surface area contributed by atoms with Gasteiger partial charge in [0.25, 0.3) is 0 Å². The molecule has 166 valence electrons. The van der Waals surface area contributed by atoms with E-state index in [0.29, 0.717) is 27.5 Å². The molecule has 1 aliphatic heterocycles. The van der Waals surface area contributed by atoms with Crippen molar-refractivity contribution in [2.24, 2.45) is 0 Å². The van der Waals surface area contributed by atoms with Crippen molar-refractivity contribution in [3.8, 4) is 5.69 Å². The number of fused-ring (bicyclic) bond motifs is 2. The molecule has 6 nitrogen and oxygen atoms in total. The molecule has 0 bridgehead atoms. The van der Waals surface area contributed by atoms with Crippen LogP contribution in [0.2, 0.25) is 0 Å². The number of benzene rings is 2. The third kappa shape index (κ3) is 2.93. The van der Waals surface area contributed by atoms with Gasteiger partial charge in [0, 0.05) is 28.1 Å². The van der Waals surface area contributed by atoms with E-state index in [0.717, 1.165) is 11.3 Å². The van der Waals surface area contributed by atoms with Crippen LogP contribution in [0.1, 0.15) is 50.3 Å². The number of aliphatic carboxylic acids is 1. The quantitative estimate of drug-likeness (QED) is 0.455.